The third-order valence-electron chi connectivity index (χ3n) is 5.73. The molecule has 1 saturated heterocycles. The van der Waals surface area contributed by atoms with E-state index in [0.717, 1.165) is 48.8 Å². The lowest BCUT2D eigenvalue weighted by molar-refractivity contribution is 0.245. The van der Waals surface area contributed by atoms with Gasteiger partial charge in [-0.05, 0) is 57.1 Å². The van der Waals surface area contributed by atoms with Crippen LogP contribution in [-0.4, -0.2) is 61.3 Å². The Hall–Kier alpha value is -2.10. The van der Waals surface area contributed by atoms with Gasteiger partial charge >= 0.3 is 0 Å². The molecular formula is C20H26FN5O2S. The minimum Gasteiger partial charge on any atom is -0.373 e. The summed E-state index contributed by atoms with van der Waals surface area (Å²) < 4.78 is 40.7. The summed E-state index contributed by atoms with van der Waals surface area (Å²) in [5.41, 5.74) is 1.73. The van der Waals surface area contributed by atoms with Crippen molar-refractivity contribution in [2.75, 3.05) is 39.0 Å². The number of halogens is 1. The highest BCUT2D eigenvalue weighted by Gasteiger charge is 2.32. The van der Waals surface area contributed by atoms with E-state index in [1.54, 1.807) is 0 Å². The molecular weight excluding hydrogens is 393 g/mol. The Kier molecular flexibility index (Phi) is 5.54. The molecule has 1 fully saturated rings. The molecule has 0 radical (unpaired) electrons. The lowest BCUT2D eigenvalue weighted by Gasteiger charge is -2.31. The number of nitrogens with zero attached hydrogens (tertiary/aromatic N) is 4. The Morgan fingerprint density at radius 1 is 1.17 bits per heavy atom. The van der Waals surface area contributed by atoms with Crippen molar-refractivity contribution in [3.63, 3.8) is 0 Å². The number of hydrogen-bond acceptors (Lipinski definition) is 6. The predicted molar refractivity (Wildman–Crippen MR) is 109 cm³/mol. The van der Waals surface area contributed by atoms with E-state index in [2.05, 4.69) is 17.3 Å². The van der Waals surface area contributed by atoms with E-state index in [1.165, 1.54) is 28.6 Å². The number of piperidine rings is 1. The highest BCUT2D eigenvalue weighted by atomic mass is 32.2. The minimum absolute atomic E-state index is 0.0966. The van der Waals surface area contributed by atoms with Gasteiger partial charge in [0.05, 0.1) is 17.1 Å². The zero-order valence-electron chi connectivity index (χ0n) is 16.7. The van der Waals surface area contributed by atoms with Crippen LogP contribution in [0.25, 0.3) is 0 Å². The van der Waals surface area contributed by atoms with Crippen molar-refractivity contribution >= 4 is 15.8 Å². The number of likely N-dealkylation sites (tertiary alicyclic amines) is 1. The molecule has 0 unspecified atom stereocenters. The van der Waals surface area contributed by atoms with Crippen molar-refractivity contribution in [1.29, 1.82) is 0 Å². The minimum atomic E-state index is -3.71. The molecule has 0 saturated carbocycles. The van der Waals surface area contributed by atoms with Crippen LogP contribution in [0.5, 0.6) is 0 Å². The van der Waals surface area contributed by atoms with Gasteiger partial charge in [-0.3, -0.25) is 0 Å². The summed E-state index contributed by atoms with van der Waals surface area (Å²) in [6.07, 6.45) is 2.67. The lowest BCUT2D eigenvalue weighted by atomic mass is 9.96. The molecule has 0 aliphatic carbocycles. The van der Waals surface area contributed by atoms with Crippen molar-refractivity contribution < 1.29 is 12.8 Å². The Balaban J connectivity index is 1.65. The molecule has 4 rings (SSSR count). The van der Waals surface area contributed by atoms with E-state index in [0.29, 0.717) is 13.0 Å². The van der Waals surface area contributed by atoms with Gasteiger partial charge in [0, 0.05) is 31.6 Å². The van der Waals surface area contributed by atoms with Gasteiger partial charge in [0.15, 0.2) is 0 Å². The zero-order valence-corrected chi connectivity index (χ0v) is 17.5. The van der Waals surface area contributed by atoms with Gasteiger partial charge in [0.1, 0.15) is 17.5 Å². The SMILES string of the molecule is CNc1nc([C@H]2CCCN(C)C2)nc2c1CCN(S(=O)(=O)c1ccc(F)cc1)C2. The highest BCUT2D eigenvalue weighted by molar-refractivity contribution is 7.89. The molecule has 1 aromatic heterocycles. The molecule has 1 atom stereocenters. The number of hydrogen-bond donors (Lipinski definition) is 1. The van der Waals surface area contributed by atoms with E-state index < -0.39 is 15.8 Å². The van der Waals surface area contributed by atoms with Crippen molar-refractivity contribution in [3.05, 3.63) is 47.2 Å². The van der Waals surface area contributed by atoms with E-state index in [1.807, 2.05) is 7.05 Å². The van der Waals surface area contributed by atoms with Crippen LogP contribution < -0.4 is 5.32 Å². The Bertz CT molecular complexity index is 997. The lowest BCUT2D eigenvalue weighted by Crippen LogP contribution is -2.37. The molecule has 0 amide bonds. The number of nitrogens with one attached hydrogen (secondary N) is 1. The fraction of sp³-hybridized carbons (Fsp3) is 0.500. The van der Waals surface area contributed by atoms with Crippen LogP contribution in [0.4, 0.5) is 10.2 Å². The summed E-state index contributed by atoms with van der Waals surface area (Å²) in [4.78, 5) is 11.9. The molecule has 1 aromatic carbocycles. The molecule has 3 heterocycles. The first-order valence-corrected chi connectivity index (χ1v) is 11.3. The van der Waals surface area contributed by atoms with Crippen molar-refractivity contribution in [3.8, 4) is 0 Å². The number of fused-ring (bicyclic) bond motifs is 1. The maximum absolute atomic E-state index is 13.2. The number of rotatable bonds is 4. The predicted octanol–water partition coefficient (Wildman–Crippen LogP) is 2.21. The van der Waals surface area contributed by atoms with Gasteiger partial charge in [-0.2, -0.15) is 4.31 Å². The molecule has 9 heteroatoms. The Labute approximate surface area is 171 Å². The zero-order chi connectivity index (χ0) is 20.6. The summed E-state index contributed by atoms with van der Waals surface area (Å²) >= 11 is 0. The first kappa shape index (κ1) is 20.2. The molecule has 1 N–H and O–H groups in total. The fourth-order valence-corrected chi connectivity index (χ4v) is 5.55. The Morgan fingerprint density at radius 2 is 1.93 bits per heavy atom. The van der Waals surface area contributed by atoms with Crippen molar-refractivity contribution in [2.24, 2.45) is 0 Å². The standard InChI is InChI=1S/C20H26FN5O2S/c1-22-20-17-9-11-26(29(27,28)16-7-5-15(21)6-8-16)13-18(17)23-19(24-20)14-4-3-10-25(2)12-14/h5-8,14H,3-4,9-13H2,1-2H3,(H,22,23,24)/t14-/m0/s1. The highest BCUT2D eigenvalue weighted by Crippen LogP contribution is 2.31. The maximum Gasteiger partial charge on any atom is 0.243 e. The van der Waals surface area contributed by atoms with Gasteiger partial charge in [-0.1, -0.05) is 0 Å². The smallest absolute Gasteiger partial charge is 0.243 e. The second-order valence-corrected chi connectivity index (χ2v) is 9.69. The Morgan fingerprint density at radius 3 is 2.62 bits per heavy atom. The monoisotopic (exact) mass is 419 g/mol. The summed E-state index contributed by atoms with van der Waals surface area (Å²) in [5, 5.41) is 3.16. The van der Waals surface area contributed by atoms with Gasteiger partial charge in [0.2, 0.25) is 10.0 Å². The molecule has 7 nitrogen and oxygen atoms in total. The fourth-order valence-electron chi connectivity index (χ4n) is 4.15. The number of anilines is 1. The van der Waals surface area contributed by atoms with Crippen molar-refractivity contribution in [2.45, 2.75) is 36.6 Å². The van der Waals surface area contributed by atoms with Crippen LogP contribution in [0.3, 0.4) is 0 Å². The quantitative estimate of drug-likeness (QED) is 0.819. The first-order chi connectivity index (χ1) is 13.9. The average molecular weight is 420 g/mol. The van der Waals surface area contributed by atoms with Gasteiger partial charge < -0.3 is 10.2 Å². The number of sulfonamides is 1. The van der Waals surface area contributed by atoms with Crippen LogP contribution in [0, 0.1) is 5.82 Å². The van der Waals surface area contributed by atoms with Crippen LogP contribution in [0.15, 0.2) is 29.2 Å². The molecule has 2 aliphatic rings. The van der Waals surface area contributed by atoms with Gasteiger partial charge in [-0.15, -0.1) is 0 Å². The second-order valence-electron chi connectivity index (χ2n) is 7.75. The summed E-state index contributed by atoms with van der Waals surface area (Å²) in [6.45, 7) is 2.52. The summed E-state index contributed by atoms with van der Waals surface area (Å²) in [5.74, 6) is 1.36. The van der Waals surface area contributed by atoms with Gasteiger partial charge in [0.25, 0.3) is 0 Å². The molecule has 2 aromatic rings. The molecule has 0 spiro atoms. The maximum atomic E-state index is 13.2. The van der Waals surface area contributed by atoms with E-state index in [-0.39, 0.29) is 17.4 Å². The van der Waals surface area contributed by atoms with E-state index in [4.69, 9.17) is 9.97 Å². The number of likely N-dealkylation sites (N-methyl/N-ethyl adjacent to an activating group) is 1. The topological polar surface area (TPSA) is 78.4 Å². The molecule has 156 valence electrons. The van der Waals surface area contributed by atoms with Crippen molar-refractivity contribution in [1.82, 2.24) is 19.2 Å². The second kappa shape index (κ2) is 7.97. The van der Waals surface area contributed by atoms with Crippen LogP contribution in [0.1, 0.15) is 35.8 Å². The molecule has 0 bridgehead atoms. The molecule has 2 aliphatic heterocycles. The first-order valence-electron chi connectivity index (χ1n) is 9.90. The van der Waals surface area contributed by atoms with E-state index >= 15 is 0 Å². The average Bonchev–Trinajstić information content (AvgIpc) is 2.72. The third-order valence-corrected chi connectivity index (χ3v) is 7.58. The van der Waals surface area contributed by atoms with Crippen LogP contribution >= 0.6 is 0 Å². The largest absolute Gasteiger partial charge is 0.373 e. The third kappa shape index (κ3) is 3.99. The van der Waals surface area contributed by atoms with Crippen LogP contribution in [-0.2, 0) is 23.0 Å². The summed E-state index contributed by atoms with van der Waals surface area (Å²) in [6, 6.07) is 4.96. The van der Waals surface area contributed by atoms with Gasteiger partial charge in [-0.25, -0.2) is 22.8 Å². The normalized spacial score (nSPS) is 21.0. The number of aromatic nitrogens is 2. The van der Waals surface area contributed by atoms with E-state index in [9.17, 15) is 12.8 Å². The summed E-state index contributed by atoms with van der Waals surface area (Å²) in [7, 11) is 0.222. The molecule has 29 heavy (non-hydrogen) atoms. The number of benzene rings is 1. The van der Waals surface area contributed by atoms with Crippen LogP contribution in [0.2, 0.25) is 0 Å².